The van der Waals surface area contributed by atoms with E-state index in [1.54, 1.807) is 31.3 Å². The summed E-state index contributed by atoms with van der Waals surface area (Å²) in [6.45, 7) is 0.0339. The van der Waals surface area contributed by atoms with Crippen LogP contribution in [0.5, 0.6) is 0 Å². The van der Waals surface area contributed by atoms with Gasteiger partial charge in [-0.05, 0) is 30.2 Å². The number of aryl methyl sites for hydroxylation is 2. The Morgan fingerprint density at radius 3 is 2.40 bits per heavy atom. The number of imidazole rings is 1. The number of benzene rings is 2. The van der Waals surface area contributed by atoms with E-state index in [1.807, 2.05) is 6.07 Å². The second-order valence-electron chi connectivity index (χ2n) is 10.2. The number of anilines is 1. The minimum absolute atomic E-state index is 0.000879. The molecule has 1 spiro atoms. The molecule has 4 heterocycles. The zero-order valence-corrected chi connectivity index (χ0v) is 21.8. The number of nitrogens with zero attached hydrogens (tertiary/aromatic N) is 6. The van der Waals surface area contributed by atoms with Crippen LogP contribution in [0, 0.1) is 5.82 Å². The first kappa shape index (κ1) is 25.4. The quantitative estimate of drug-likeness (QED) is 0.266. The molecule has 11 nitrogen and oxygen atoms in total. The summed E-state index contributed by atoms with van der Waals surface area (Å²) in [5, 5.41) is 0. The molecule has 4 aromatic rings. The number of hydrogen-bond donors (Lipinski definition) is 0. The summed E-state index contributed by atoms with van der Waals surface area (Å²) in [5.74, 6) is -2.45. The van der Waals surface area contributed by atoms with E-state index < -0.39 is 46.6 Å². The van der Waals surface area contributed by atoms with Crippen LogP contribution < -0.4 is 16.1 Å². The molecule has 0 saturated carbocycles. The van der Waals surface area contributed by atoms with E-state index >= 15 is 0 Å². The maximum Gasteiger partial charge on any atom is 0.332 e. The highest BCUT2D eigenvalue weighted by molar-refractivity contribution is 6.28. The van der Waals surface area contributed by atoms with Crippen LogP contribution in [0.4, 0.5) is 10.1 Å². The van der Waals surface area contributed by atoms with Crippen molar-refractivity contribution in [3.8, 4) is 0 Å². The second-order valence-corrected chi connectivity index (χ2v) is 10.2. The first-order chi connectivity index (χ1) is 19.1. The van der Waals surface area contributed by atoms with Crippen molar-refractivity contribution >= 4 is 34.6 Å². The molecule has 6 rings (SSSR count). The second kappa shape index (κ2) is 9.11. The SMILES string of the molecule is Cn1cnc2c1c(=O)n(CCCN1C(=O)C3(CC(=O)N(Cc4ccccc4)C3=O)c3cc(F)ccc31)c(=O)n2C. The molecule has 1 unspecified atom stereocenters. The summed E-state index contributed by atoms with van der Waals surface area (Å²) in [5.41, 5.74) is -1.16. The minimum Gasteiger partial charge on any atom is -0.328 e. The third kappa shape index (κ3) is 3.55. The number of carbonyl (C=O) groups excluding carboxylic acids is 3. The van der Waals surface area contributed by atoms with Gasteiger partial charge >= 0.3 is 5.69 Å². The average molecular weight is 545 g/mol. The number of hydrogen-bond acceptors (Lipinski definition) is 6. The molecule has 12 heteroatoms. The molecular formula is C28H25FN6O5. The Morgan fingerprint density at radius 1 is 0.925 bits per heavy atom. The molecule has 0 N–H and O–H groups in total. The first-order valence-corrected chi connectivity index (χ1v) is 12.8. The van der Waals surface area contributed by atoms with Gasteiger partial charge in [-0.3, -0.25) is 33.2 Å². The molecule has 3 amide bonds. The third-order valence-corrected chi connectivity index (χ3v) is 7.80. The first-order valence-electron chi connectivity index (χ1n) is 12.8. The Morgan fingerprint density at radius 2 is 1.65 bits per heavy atom. The lowest BCUT2D eigenvalue weighted by molar-refractivity contribution is -0.142. The lowest BCUT2D eigenvalue weighted by Gasteiger charge is -2.22. The lowest BCUT2D eigenvalue weighted by Crippen LogP contribution is -2.47. The van der Waals surface area contributed by atoms with Crippen LogP contribution in [-0.2, 0) is 47.0 Å². The van der Waals surface area contributed by atoms with Crippen LogP contribution in [-0.4, -0.2) is 47.9 Å². The van der Waals surface area contributed by atoms with Gasteiger partial charge in [-0.15, -0.1) is 0 Å². The van der Waals surface area contributed by atoms with Gasteiger partial charge in [0, 0.05) is 38.4 Å². The van der Waals surface area contributed by atoms with E-state index in [0.717, 1.165) is 21.1 Å². The van der Waals surface area contributed by atoms with E-state index in [-0.39, 0.29) is 42.8 Å². The van der Waals surface area contributed by atoms with Crippen molar-refractivity contribution in [2.24, 2.45) is 14.1 Å². The van der Waals surface area contributed by atoms with Crippen LogP contribution in [0.3, 0.4) is 0 Å². The maximum atomic E-state index is 14.4. The molecule has 2 aromatic heterocycles. The summed E-state index contributed by atoms with van der Waals surface area (Å²) < 4.78 is 18.3. The van der Waals surface area contributed by atoms with E-state index in [9.17, 15) is 28.4 Å². The molecule has 2 aliphatic heterocycles. The number of rotatable bonds is 6. The van der Waals surface area contributed by atoms with Crippen LogP contribution in [0.2, 0.25) is 0 Å². The molecule has 204 valence electrons. The fourth-order valence-corrected chi connectivity index (χ4v) is 5.79. The van der Waals surface area contributed by atoms with E-state index in [2.05, 4.69) is 4.98 Å². The van der Waals surface area contributed by atoms with Crippen LogP contribution in [0.25, 0.3) is 11.2 Å². The van der Waals surface area contributed by atoms with Gasteiger partial charge in [-0.25, -0.2) is 14.2 Å². The normalized spacial score (nSPS) is 18.5. The van der Waals surface area contributed by atoms with Crippen LogP contribution in [0.1, 0.15) is 24.0 Å². The highest BCUT2D eigenvalue weighted by Crippen LogP contribution is 2.49. The molecule has 1 fully saturated rings. The Kier molecular flexibility index (Phi) is 5.79. The van der Waals surface area contributed by atoms with Gasteiger partial charge in [-0.1, -0.05) is 30.3 Å². The monoisotopic (exact) mass is 544 g/mol. The van der Waals surface area contributed by atoms with Crippen molar-refractivity contribution in [2.75, 3.05) is 11.4 Å². The Hall–Kier alpha value is -4.87. The smallest absolute Gasteiger partial charge is 0.328 e. The Bertz CT molecular complexity index is 1840. The van der Waals surface area contributed by atoms with E-state index in [0.29, 0.717) is 5.69 Å². The molecule has 0 bridgehead atoms. The zero-order chi connectivity index (χ0) is 28.3. The van der Waals surface area contributed by atoms with Gasteiger partial charge in [0.1, 0.15) is 5.82 Å². The van der Waals surface area contributed by atoms with Gasteiger partial charge < -0.3 is 9.47 Å². The van der Waals surface area contributed by atoms with Gasteiger partial charge in [0.15, 0.2) is 16.6 Å². The molecular weight excluding hydrogens is 519 g/mol. The summed E-state index contributed by atoms with van der Waals surface area (Å²) in [7, 11) is 3.18. The van der Waals surface area contributed by atoms with Crippen molar-refractivity contribution in [1.82, 2.24) is 23.6 Å². The number of aromatic nitrogens is 4. The number of halogens is 1. The maximum absolute atomic E-state index is 14.4. The van der Waals surface area contributed by atoms with Crippen molar-refractivity contribution in [2.45, 2.75) is 31.3 Å². The number of carbonyl (C=O) groups is 3. The predicted octanol–water partition coefficient (Wildman–Crippen LogP) is 1.21. The minimum atomic E-state index is -1.86. The van der Waals surface area contributed by atoms with E-state index in [1.165, 1.54) is 39.5 Å². The third-order valence-electron chi connectivity index (χ3n) is 7.80. The highest BCUT2D eigenvalue weighted by atomic mass is 19.1. The zero-order valence-electron chi connectivity index (χ0n) is 21.8. The van der Waals surface area contributed by atoms with Gasteiger partial charge in [-0.2, -0.15) is 0 Å². The van der Waals surface area contributed by atoms with Crippen molar-refractivity contribution < 1.29 is 18.8 Å². The van der Waals surface area contributed by atoms with Crippen LogP contribution in [0.15, 0.2) is 64.4 Å². The molecule has 2 aromatic carbocycles. The van der Waals surface area contributed by atoms with Gasteiger partial charge in [0.25, 0.3) is 5.56 Å². The largest absolute Gasteiger partial charge is 0.332 e. The van der Waals surface area contributed by atoms with Crippen molar-refractivity contribution in [3.05, 3.63) is 92.6 Å². The molecule has 40 heavy (non-hydrogen) atoms. The fraction of sp³-hybridized carbons (Fsp3) is 0.286. The van der Waals surface area contributed by atoms with Gasteiger partial charge in [0.2, 0.25) is 17.7 Å². The molecule has 1 atom stereocenters. The molecule has 1 saturated heterocycles. The Labute approximate surface area is 226 Å². The van der Waals surface area contributed by atoms with Crippen LogP contribution >= 0.6 is 0 Å². The molecule has 0 radical (unpaired) electrons. The number of imide groups is 1. The van der Waals surface area contributed by atoms with Crippen molar-refractivity contribution in [1.29, 1.82) is 0 Å². The average Bonchev–Trinajstić information content (AvgIpc) is 3.52. The predicted molar refractivity (Wildman–Crippen MR) is 142 cm³/mol. The number of amides is 3. The summed E-state index contributed by atoms with van der Waals surface area (Å²) >= 11 is 0. The fourth-order valence-electron chi connectivity index (χ4n) is 5.79. The van der Waals surface area contributed by atoms with Crippen molar-refractivity contribution in [3.63, 3.8) is 0 Å². The number of likely N-dealkylation sites (tertiary alicyclic amines) is 1. The number of fused-ring (bicyclic) bond motifs is 3. The lowest BCUT2D eigenvalue weighted by atomic mass is 9.80. The topological polar surface area (TPSA) is 120 Å². The Balaban J connectivity index is 1.31. The standard InChI is InChI=1S/C28H25FN6O5/c1-31-16-30-23-22(31)24(37)34(27(40)32(23)2)12-6-11-33-20-10-9-18(29)13-19(20)28(25(33)38)14-21(36)35(26(28)39)15-17-7-4-3-5-8-17/h3-5,7-10,13,16H,6,11-12,14-15H2,1-2H3. The van der Waals surface area contributed by atoms with Gasteiger partial charge in [0.05, 0.1) is 19.3 Å². The summed E-state index contributed by atoms with van der Waals surface area (Å²) in [6, 6.07) is 12.7. The molecule has 0 aliphatic carbocycles. The molecule has 2 aliphatic rings. The van der Waals surface area contributed by atoms with E-state index in [4.69, 9.17) is 0 Å². The summed E-state index contributed by atoms with van der Waals surface area (Å²) in [6.07, 6.45) is 1.24. The highest BCUT2D eigenvalue weighted by Gasteiger charge is 2.63. The summed E-state index contributed by atoms with van der Waals surface area (Å²) in [4.78, 5) is 73.2.